The lowest BCUT2D eigenvalue weighted by molar-refractivity contribution is 0.0955. The Hall–Kier alpha value is -2.60. The summed E-state index contributed by atoms with van der Waals surface area (Å²) in [5.41, 5.74) is 1.66. The van der Waals surface area contributed by atoms with Gasteiger partial charge in [0.05, 0.1) is 22.6 Å². The van der Waals surface area contributed by atoms with Crippen molar-refractivity contribution in [3.63, 3.8) is 0 Å². The van der Waals surface area contributed by atoms with Crippen LogP contribution in [0.15, 0.2) is 30.5 Å². The van der Waals surface area contributed by atoms with Gasteiger partial charge in [0.2, 0.25) is 0 Å². The predicted molar refractivity (Wildman–Crippen MR) is 79.3 cm³/mol. The molecule has 2 N–H and O–H groups in total. The van der Waals surface area contributed by atoms with Gasteiger partial charge in [0, 0.05) is 19.5 Å². The number of carbonyl (C=O) groups excluding carboxylic acids is 1. The van der Waals surface area contributed by atoms with Gasteiger partial charge >= 0.3 is 0 Å². The minimum Gasteiger partial charge on any atom is -0.505 e. The Morgan fingerprint density at radius 2 is 2.14 bits per heavy atom. The van der Waals surface area contributed by atoms with Gasteiger partial charge in [0.25, 0.3) is 5.91 Å². The summed E-state index contributed by atoms with van der Waals surface area (Å²) in [4.78, 5) is 15.9. The molecule has 0 fully saturated rings. The molecule has 21 heavy (non-hydrogen) atoms. The van der Waals surface area contributed by atoms with Crippen LogP contribution in [0.5, 0.6) is 5.75 Å². The third kappa shape index (κ3) is 1.92. The van der Waals surface area contributed by atoms with Gasteiger partial charge in [-0.1, -0.05) is 18.2 Å². The van der Waals surface area contributed by atoms with Crippen LogP contribution < -0.4 is 5.32 Å². The molecule has 3 rings (SSSR count). The number of aromatic nitrogens is 2. The fraction of sp³-hybridized carbons (Fsp3) is 0.200. The highest BCUT2D eigenvalue weighted by Gasteiger charge is 2.20. The Morgan fingerprint density at radius 1 is 1.38 bits per heavy atom. The first kappa shape index (κ1) is 13.4. The van der Waals surface area contributed by atoms with Gasteiger partial charge in [-0.25, -0.2) is 4.98 Å². The first-order valence-electron chi connectivity index (χ1n) is 6.49. The fourth-order valence-electron chi connectivity index (χ4n) is 2.56. The Balaban J connectivity index is 2.43. The quantitative estimate of drug-likeness (QED) is 0.770. The Bertz CT molecular complexity index is 839. The summed E-state index contributed by atoms with van der Waals surface area (Å²) < 4.78 is 7.12. The van der Waals surface area contributed by atoms with E-state index in [-0.39, 0.29) is 11.4 Å². The first-order chi connectivity index (χ1) is 10.2. The van der Waals surface area contributed by atoms with E-state index >= 15 is 0 Å². The van der Waals surface area contributed by atoms with E-state index in [0.717, 1.165) is 16.4 Å². The van der Waals surface area contributed by atoms with Gasteiger partial charge in [-0.2, -0.15) is 0 Å². The number of rotatable bonds is 3. The number of amides is 1. The van der Waals surface area contributed by atoms with E-state index in [1.807, 2.05) is 28.8 Å². The van der Waals surface area contributed by atoms with Crippen LogP contribution >= 0.6 is 0 Å². The van der Waals surface area contributed by atoms with Crippen molar-refractivity contribution in [1.82, 2.24) is 14.9 Å². The number of hydrogen-bond donors (Lipinski definition) is 2. The molecule has 0 spiro atoms. The van der Waals surface area contributed by atoms with E-state index in [1.165, 1.54) is 7.05 Å². The van der Waals surface area contributed by atoms with Gasteiger partial charge in [0.15, 0.2) is 11.4 Å². The highest BCUT2D eigenvalue weighted by molar-refractivity contribution is 6.13. The molecule has 0 aliphatic rings. The van der Waals surface area contributed by atoms with Gasteiger partial charge in [0.1, 0.15) is 6.73 Å². The minimum absolute atomic E-state index is 0.0188. The van der Waals surface area contributed by atoms with Crippen molar-refractivity contribution in [2.24, 2.45) is 0 Å². The molecule has 0 aliphatic carbocycles. The zero-order chi connectivity index (χ0) is 15.0. The molecule has 0 aliphatic heterocycles. The fourth-order valence-corrected chi connectivity index (χ4v) is 2.56. The molecule has 6 nitrogen and oxygen atoms in total. The third-order valence-corrected chi connectivity index (χ3v) is 3.49. The first-order valence-corrected chi connectivity index (χ1v) is 6.49. The van der Waals surface area contributed by atoms with Crippen LogP contribution in [0, 0.1) is 0 Å². The topological polar surface area (TPSA) is 76.4 Å². The largest absolute Gasteiger partial charge is 0.505 e. The van der Waals surface area contributed by atoms with Crippen LogP contribution in [0.4, 0.5) is 0 Å². The van der Waals surface area contributed by atoms with Crippen LogP contribution in [0.1, 0.15) is 10.5 Å². The lowest BCUT2D eigenvalue weighted by atomic mass is 10.1. The SMILES string of the molecule is CNC(=O)c1ncc2c(c1O)c1ccccc1n2COC. The molecule has 1 amide bonds. The molecule has 0 atom stereocenters. The maximum absolute atomic E-state index is 11.8. The number of para-hydroxylation sites is 1. The molecule has 0 saturated carbocycles. The monoisotopic (exact) mass is 285 g/mol. The van der Waals surface area contributed by atoms with Crippen molar-refractivity contribution < 1.29 is 14.6 Å². The van der Waals surface area contributed by atoms with E-state index in [9.17, 15) is 9.90 Å². The van der Waals surface area contributed by atoms with Gasteiger partial charge in [-0.3, -0.25) is 4.79 Å². The normalized spacial score (nSPS) is 11.1. The number of ether oxygens (including phenoxy) is 1. The number of methoxy groups -OCH3 is 1. The highest BCUT2D eigenvalue weighted by Crippen LogP contribution is 2.36. The number of nitrogens with zero attached hydrogens (tertiary/aromatic N) is 2. The van der Waals surface area contributed by atoms with Crippen molar-refractivity contribution in [2.75, 3.05) is 14.2 Å². The summed E-state index contributed by atoms with van der Waals surface area (Å²) in [5, 5.41) is 14.4. The second kappa shape index (κ2) is 5.06. The summed E-state index contributed by atoms with van der Waals surface area (Å²) >= 11 is 0. The Kier molecular flexibility index (Phi) is 3.23. The maximum Gasteiger partial charge on any atom is 0.273 e. The molecule has 3 aromatic rings. The van der Waals surface area contributed by atoms with Gasteiger partial charge in [-0.05, 0) is 6.07 Å². The zero-order valence-corrected chi connectivity index (χ0v) is 11.8. The number of aromatic hydroxyl groups is 1. The van der Waals surface area contributed by atoms with Crippen LogP contribution in [0.2, 0.25) is 0 Å². The molecular formula is C15H15N3O3. The van der Waals surface area contributed by atoms with E-state index in [1.54, 1.807) is 13.3 Å². The number of hydrogen-bond acceptors (Lipinski definition) is 4. The summed E-state index contributed by atoms with van der Waals surface area (Å²) in [7, 11) is 3.11. The van der Waals surface area contributed by atoms with Crippen molar-refractivity contribution in [3.05, 3.63) is 36.2 Å². The lowest BCUT2D eigenvalue weighted by Gasteiger charge is -2.06. The Morgan fingerprint density at radius 3 is 2.86 bits per heavy atom. The summed E-state index contributed by atoms with van der Waals surface area (Å²) in [6, 6.07) is 7.64. The average molecular weight is 285 g/mol. The predicted octanol–water partition coefficient (Wildman–Crippen LogP) is 1.86. The Labute approximate surface area is 121 Å². The second-order valence-corrected chi connectivity index (χ2v) is 4.66. The minimum atomic E-state index is -0.419. The van der Waals surface area contributed by atoms with Crippen molar-refractivity contribution >= 4 is 27.7 Å². The van der Waals surface area contributed by atoms with Crippen molar-refractivity contribution in [1.29, 1.82) is 0 Å². The molecule has 108 valence electrons. The highest BCUT2D eigenvalue weighted by atomic mass is 16.5. The number of fused-ring (bicyclic) bond motifs is 3. The summed E-state index contributed by atoms with van der Waals surface area (Å²) in [6.07, 6.45) is 1.58. The number of benzene rings is 1. The standard InChI is InChI=1S/C15H15N3O3/c1-16-15(20)13-14(19)12-9-5-3-4-6-10(9)18(8-21-2)11(12)7-17-13/h3-7,19H,8H2,1-2H3,(H,16,20). The smallest absolute Gasteiger partial charge is 0.273 e. The number of nitrogens with one attached hydrogen (secondary N) is 1. The maximum atomic E-state index is 11.8. The molecule has 0 saturated heterocycles. The molecule has 6 heteroatoms. The van der Waals surface area contributed by atoms with Crippen molar-refractivity contribution in [3.8, 4) is 5.75 Å². The van der Waals surface area contributed by atoms with E-state index in [0.29, 0.717) is 12.1 Å². The van der Waals surface area contributed by atoms with E-state index < -0.39 is 5.91 Å². The zero-order valence-electron chi connectivity index (χ0n) is 11.8. The molecule has 0 bridgehead atoms. The number of pyridine rings is 1. The van der Waals surface area contributed by atoms with Gasteiger partial charge in [-0.15, -0.1) is 0 Å². The molecule has 2 aromatic heterocycles. The molecular weight excluding hydrogens is 270 g/mol. The van der Waals surface area contributed by atoms with Crippen LogP contribution in [-0.2, 0) is 11.5 Å². The number of carbonyl (C=O) groups is 1. The van der Waals surface area contributed by atoms with Crippen molar-refractivity contribution in [2.45, 2.75) is 6.73 Å². The molecule has 0 unspecified atom stereocenters. The summed E-state index contributed by atoms with van der Waals surface area (Å²) in [6.45, 7) is 0.338. The average Bonchev–Trinajstić information content (AvgIpc) is 2.83. The molecule has 1 aromatic carbocycles. The molecule has 0 radical (unpaired) electrons. The van der Waals surface area contributed by atoms with Gasteiger partial charge < -0.3 is 19.7 Å². The van der Waals surface area contributed by atoms with E-state index in [4.69, 9.17) is 4.74 Å². The van der Waals surface area contributed by atoms with Crippen LogP contribution in [0.25, 0.3) is 21.8 Å². The third-order valence-electron chi connectivity index (χ3n) is 3.49. The summed E-state index contributed by atoms with van der Waals surface area (Å²) in [5.74, 6) is -0.532. The van der Waals surface area contributed by atoms with E-state index in [2.05, 4.69) is 10.3 Å². The molecule has 2 heterocycles. The second-order valence-electron chi connectivity index (χ2n) is 4.66. The van der Waals surface area contributed by atoms with Crippen LogP contribution in [-0.4, -0.2) is 34.7 Å². The van der Waals surface area contributed by atoms with Crippen LogP contribution in [0.3, 0.4) is 0 Å². The lowest BCUT2D eigenvalue weighted by Crippen LogP contribution is -2.19.